The van der Waals surface area contributed by atoms with Crippen LogP contribution in [0, 0.1) is 19.7 Å². The number of hydrogen-bond acceptors (Lipinski definition) is 4. The van der Waals surface area contributed by atoms with Crippen LogP contribution in [-0.4, -0.2) is 29.1 Å². The molecule has 0 bridgehead atoms. The van der Waals surface area contributed by atoms with Crippen LogP contribution in [0.1, 0.15) is 24.4 Å². The van der Waals surface area contributed by atoms with Crippen molar-refractivity contribution in [1.29, 1.82) is 0 Å². The predicted molar refractivity (Wildman–Crippen MR) is 86.8 cm³/mol. The van der Waals surface area contributed by atoms with Gasteiger partial charge in [-0.3, -0.25) is 0 Å². The first-order valence-corrected chi connectivity index (χ1v) is 7.70. The lowest BCUT2D eigenvalue weighted by Gasteiger charge is -2.35. The number of aryl methyl sites for hydroxylation is 2. The third kappa shape index (κ3) is 3.35. The summed E-state index contributed by atoms with van der Waals surface area (Å²) in [7, 11) is 0. The number of nitrogens with zero attached hydrogens (tertiary/aromatic N) is 3. The topological polar surface area (TPSA) is 41.0 Å². The minimum atomic E-state index is -0.156. The zero-order valence-electron chi connectivity index (χ0n) is 13.0. The molecule has 1 N–H and O–H groups in total. The fourth-order valence-corrected chi connectivity index (χ4v) is 3.02. The molecule has 1 fully saturated rings. The van der Waals surface area contributed by atoms with Crippen molar-refractivity contribution in [3.05, 3.63) is 47.7 Å². The van der Waals surface area contributed by atoms with Crippen molar-refractivity contribution in [2.24, 2.45) is 0 Å². The Balaban J connectivity index is 1.72. The van der Waals surface area contributed by atoms with Gasteiger partial charge in [-0.05, 0) is 38.8 Å². The third-order valence-corrected chi connectivity index (χ3v) is 3.93. The van der Waals surface area contributed by atoms with Crippen LogP contribution in [0.5, 0.6) is 0 Å². The van der Waals surface area contributed by atoms with Crippen LogP contribution in [-0.2, 0) is 0 Å². The largest absolute Gasteiger partial charge is 0.367 e. The summed E-state index contributed by atoms with van der Waals surface area (Å²) in [5, 5.41) is 3.47. The van der Waals surface area contributed by atoms with E-state index in [-0.39, 0.29) is 11.9 Å². The van der Waals surface area contributed by atoms with Gasteiger partial charge in [-0.25, -0.2) is 14.4 Å². The summed E-state index contributed by atoms with van der Waals surface area (Å²) in [5.41, 5.74) is 1.64. The Morgan fingerprint density at radius 2 is 2.05 bits per heavy atom. The van der Waals surface area contributed by atoms with E-state index in [2.05, 4.69) is 20.2 Å². The highest BCUT2D eigenvalue weighted by Crippen LogP contribution is 2.24. The number of hydrogen-bond donors (Lipinski definition) is 1. The number of rotatable bonds is 3. The summed E-state index contributed by atoms with van der Waals surface area (Å²) in [6.45, 7) is 5.53. The van der Waals surface area contributed by atoms with Crippen LogP contribution in [0.2, 0.25) is 0 Å². The van der Waals surface area contributed by atoms with Crippen molar-refractivity contribution in [2.75, 3.05) is 23.3 Å². The maximum absolute atomic E-state index is 14.0. The molecule has 1 aliphatic rings. The quantitative estimate of drug-likeness (QED) is 0.944. The van der Waals surface area contributed by atoms with Gasteiger partial charge in [0.1, 0.15) is 17.5 Å². The van der Waals surface area contributed by atoms with Crippen molar-refractivity contribution in [3.8, 4) is 0 Å². The normalized spacial score (nSPS) is 18.3. The first-order chi connectivity index (χ1) is 10.6. The van der Waals surface area contributed by atoms with Crippen LogP contribution < -0.4 is 10.2 Å². The molecular formula is C17H21FN4. The maximum atomic E-state index is 14.0. The molecular weight excluding hydrogens is 279 g/mol. The second-order valence-electron chi connectivity index (χ2n) is 5.82. The summed E-state index contributed by atoms with van der Waals surface area (Å²) in [6, 6.07) is 9.19. The fraction of sp³-hybridized carbons (Fsp3) is 0.412. The molecule has 0 aliphatic carbocycles. The Morgan fingerprint density at radius 1 is 1.23 bits per heavy atom. The summed E-state index contributed by atoms with van der Waals surface area (Å²) in [6.07, 6.45) is 2.10. The summed E-state index contributed by atoms with van der Waals surface area (Å²) >= 11 is 0. The van der Waals surface area contributed by atoms with Gasteiger partial charge in [0.2, 0.25) is 0 Å². The maximum Gasteiger partial charge on any atom is 0.146 e. The zero-order chi connectivity index (χ0) is 15.5. The SMILES string of the molecule is Cc1cc(NC2CCCN(c3ccccc3F)C2)nc(C)n1. The van der Waals surface area contributed by atoms with Crippen LogP contribution in [0.15, 0.2) is 30.3 Å². The average Bonchev–Trinajstić information content (AvgIpc) is 2.47. The van der Waals surface area contributed by atoms with E-state index < -0.39 is 0 Å². The molecule has 4 nitrogen and oxygen atoms in total. The summed E-state index contributed by atoms with van der Waals surface area (Å²) < 4.78 is 14.0. The van der Waals surface area contributed by atoms with Gasteiger partial charge < -0.3 is 10.2 Å². The molecule has 1 unspecified atom stereocenters. The third-order valence-electron chi connectivity index (χ3n) is 3.93. The number of halogens is 1. The number of piperidine rings is 1. The lowest BCUT2D eigenvalue weighted by molar-refractivity contribution is 0.518. The number of benzene rings is 1. The van der Waals surface area contributed by atoms with Gasteiger partial charge in [0.25, 0.3) is 0 Å². The minimum absolute atomic E-state index is 0.156. The van der Waals surface area contributed by atoms with E-state index in [1.165, 1.54) is 6.07 Å². The molecule has 0 radical (unpaired) electrons. The highest BCUT2D eigenvalue weighted by Gasteiger charge is 2.22. The van der Waals surface area contributed by atoms with E-state index in [0.29, 0.717) is 5.69 Å². The van der Waals surface area contributed by atoms with E-state index in [9.17, 15) is 4.39 Å². The van der Waals surface area contributed by atoms with E-state index >= 15 is 0 Å². The molecule has 2 aromatic rings. The van der Waals surface area contributed by atoms with Gasteiger partial charge in [0.15, 0.2) is 0 Å². The highest BCUT2D eigenvalue weighted by molar-refractivity contribution is 5.49. The first kappa shape index (κ1) is 14.8. The lowest BCUT2D eigenvalue weighted by Crippen LogP contribution is -2.42. The van der Waals surface area contributed by atoms with Crippen molar-refractivity contribution < 1.29 is 4.39 Å². The Bertz CT molecular complexity index is 639. The summed E-state index contributed by atoms with van der Waals surface area (Å²) in [4.78, 5) is 10.8. The number of anilines is 2. The Labute approximate surface area is 130 Å². The number of para-hydroxylation sites is 1. The Morgan fingerprint density at radius 3 is 2.82 bits per heavy atom. The monoisotopic (exact) mass is 300 g/mol. The van der Waals surface area contributed by atoms with Crippen molar-refractivity contribution in [1.82, 2.24) is 9.97 Å². The fourth-order valence-electron chi connectivity index (χ4n) is 3.02. The zero-order valence-corrected chi connectivity index (χ0v) is 13.0. The van der Waals surface area contributed by atoms with Crippen LogP contribution in [0.25, 0.3) is 0 Å². The van der Waals surface area contributed by atoms with Crippen molar-refractivity contribution >= 4 is 11.5 Å². The molecule has 22 heavy (non-hydrogen) atoms. The molecule has 1 saturated heterocycles. The first-order valence-electron chi connectivity index (χ1n) is 7.70. The van der Waals surface area contributed by atoms with E-state index in [1.54, 1.807) is 6.07 Å². The molecule has 2 heterocycles. The molecule has 0 saturated carbocycles. The van der Waals surface area contributed by atoms with Crippen LogP contribution in [0.3, 0.4) is 0 Å². The molecule has 5 heteroatoms. The van der Waals surface area contributed by atoms with Gasteiger partial charge in [-0.1, -0.05) is 12.1 Å². The highest BCUT2D eigenvalue weighted by atomic mass is 19.1. The van der Waals surface area contributed by atoms with Crippen molar-refractivity contribution in [2.45, 2.75) is 32.7 Å². The molecule has 0 amide bonds. The van der Waals surface area contributed by atoms with Crippen LogP contribution in [0.4, 0.5) is 15.9 Å². The lowest BCUT2D eigenvalue weighted by atomic mass is 10.0. The molecule has 1 aromatic carbocycles. The van der Waals surface area contributed by atoms with E-state index in [0.717, 1.165) is 43.3 Å². The average molecular weight is 300 g/mol. The smallest absolute Gasteiger partial charge is 0.146 e. The molecule has 1 aromatic heterocycles. The summed E-state index contributed by atoms with van der Waals surface area (Å²) in [5.74, 6) is 1.46. The number of aromatic nitrogens is 2. The van der Waals surface area contributed by atoms with Gasteiger partial charge in [-0.2, -0.15) is 0 Å². The van der Waals surface area contributed by atoms with E-state index in [1.807, 2.05) is 32.0 Å². The molecule has 1 atom stereocenters. The van der Waals surface area contributed by atoms with E-state index in [4.69, 9.17) is 0 Å². The Hall–Kier alpha value is -2.17. The predicted octanol–water partition coefficient (Wildman–Crippen LogP) is 3.31. The molecule has 3 rings (SSSR count). The van der Waals surface area contributed by atoms with Gasteiger partial charge in [0, 0.05) is 30.9 Å². The van der Waals surface area contributed by atoms with Crippen LogP contribution >= 0.6 is 0 Å². The minimum Gasteiger partial charge on any atom is -0.367 e. The molecule has 1 aliphatic heterocycles. The second-order valence-corrected chi connectivity index (χ2v) is 5.82. The number of nitrogens with one attached hydrogen (secondary N) is 1. The second kappa shape index (κ2) is 6.30. The van der Waals surface area contributed by atoms with Gasteiger partial charge in [0.05, 0.1) is 5.69 Å². The van der Waals surface area contributed by atoms with Crippen molar-refractivity contribution in [3.63, 3.8) is 0 Å². The molecule has 116 valence electrons. The molecule has 0 spiro atoms. The standard InChI is InChI=1S/C17H21FN4/c1-12-10-17(20-13(2)19-12)21-14-6-5-9-22(11-14)16-8-4-3-7-15(16)18/h3-4,7-8,10,14H,5-6,9,11H2,1-2H3,(H,19,20,21). The van der Waals surface area contributed by atoms with Gasteiger partial charge in [-0.15, -0.1) is 0 Å². The Kier molecular flexibility index (Phi) is 4.22. The van der Waals surface area contributed by atoms with Gasteiger partial charge >= 0.3 is 0 Å².